The number of hydrogen-bond donors (Lipinski definition) is 2. The number of nitrogens with one attached hydrogen (secondary N) is 1. The van der Waals surface area contributed by atoms with Crippen LogP contribution in [0.2, 0.25) is 10.0 Å². The third kappa shape index (κ3) is 4.48. The maximum Gasteiger partial charge on any atom is 0.234 e. The van der Waals surface area contributed by atoms with Crippen LogP contribution in [0.3, 0.4) is 0 Å². The third-order valence-corrected chi connectivity index (χ3v) is 4.83. The van der Waals surface area contributed by atoms with Gasteiger partial charge >= 0.3 is 0 Å². The number of thioether (sulfide) groups is 1. The lowest BCUT2D eigenvalue weighted by Crippen LogP contribution is -2.16. The van der Waals surface area contributed by atoms with Gasteiger partial charge in [0, 0.05) is 10.6 Å². The van der Waals surface area contributed by atoms with Crippen molar-refractivity contribution in [1.82, 2.24) is 9.66 Å². The van der Waals surface area contributed by atoms with Gasteiger partial charge in [-0.25, -0.2) is 9.66 Å². The molecule has 8 heteroatoms. The Hall–Kier alpha value is -2.15. The number of imidazole rings is 1. The molecule has 1 aromatic heterocycles. The van der Waals surface area contributed by atoms with Gasteiger partial charge in [-0.15, -0.1) is 0 Å². The van der Waals surface area contributed by atoms with Crippen molar-refractivity contribution in [2.75, 3.05) is 16.9 Å². The molecule has 5 nitrogen and oxygen atoms in total. The number of nitrogens with zero attached hydrogens (tertiary/aromatic N) is 2. The zero-order valence-corrected chi connectivity index (χ0v) is 15.3. The van der Waals surface area contributed by atoms with E-state index in [9.17, 15) is 4.79 Å². The molecule has 3 N–H and O–H groups in total. The highest BCUT2D eigenvalue weighted by molar-refractivity contribution is 7.99. The summed E-state index contributed by atoms with van der Waals surface area (Å²) in [6.45, 7) is 0. The van der Waals surface area contributed by atoms with E-state index in [0.717, 1.165) is 11.3 Å². The van der Waals surface area contributed by atoms with Gasteiger partial charge in [-0.1, -0.05) is 65.3 Å². The number of nitrogen functional groups attached to an aromatic ring is 1. The first-order chi connectivity index (χ1) is 12.0. The number of anilines is 1. The second-order valence-corrected chi connectivity index (χ2v) is 6.93. The fourth-order valence-electron chi connectivity index (χ4n) is 2.14. The Morgan fingerprint density at radius 1 is 1.20 bits per heavy atom. The largest absolute Gasteiger partial charge is 0.337 e. The molecule has 0 spiro atoms. The molecule has 2 aromatic carbocycles. The van der Waals surface area contributed by atoms with E-state index in [1.54, 1.807) is 24.4 Å². The highest BCUT2D eigenvalue weighted by Gasteiger charge is 2.12. The van der Waals surface area contributed by atoms with Gasteiger partial charge in [0.05, 0.1) is 28.4 Å². The van der Waals surface area contributed by atoms with Crippen LogP contribution < -0.4 is 11.2 Å². The fourth-order valence-corrected chi connectivity index (χ4v) is 3.18. The van der Waals surface area contributed by atoms with Crippen LogP contribution in [0.1, 0.15) is 0 Å². The molecule has 128 valence electrons. The zero-order valence-electron chi connectivity index (χ0n) is 12.9. The molecule has 1 amide bonds. The molecular weight excluding hydrogens is 379 g/mol. The monoisotopic (exact) mass is 392 g/mol. The van der Waals surface area contributed by atoms with Crippen molar-refractivity contribution in [3.05, 3.63) is 64.8 Å². The highest BCUT2D eigenvalue weighted by Crippen LogP contribution is 2.26. The third-order valence-electron chi connectivity index (χ3n) is 3.30. The predicted octanol–water partition coefficient (Wildman–Crippen LogP) is 4.30. The van der Waals surface area contributed by atoms with Gasteiger partial charge < -0.3 is 11.2 Å². The number of aromatic nitrogens is 2. The summed E-state index contributed by atoms with van der Waals surface area (Å²) in [6, 6.07) is 14.6. The molecule has 0 aliphatic carbocycles. The number of carbonyl (C=O) groups is 1. The van der Waals surface area contributed by atoms with Crippen molar-refractivity contribution < 1.29 is 4.79 Å². The van der Waals surface area contributed by atoms with Crippen LogP contribution in [0.5, 0.6) is 0 Å². The Bertz CT molecular complexity index is 899. The second kappa shape index (κ2) is 7.82. The minimum Gasteiger partial charge on any atom is -0.337 e. The Morgan fingerprint density at radius 2 is 1.96 bits per heavy atom. The van der Waals surface area contributed by atoms with E-state index >= 15 is 0 Å². The van der Waals surface area contributed by atoms with Crippen LogP contribution in [0, 0.1) is 0 Å². The maximum atomic E-state index is 12.1. The summed E-state index contributed by atoms with van der Waals surface area (Å²) in [5, 5.41) is 4.20. The fraction of sp³-hybridized carbons (Fsp3) is 0.0588. The number of hydrogen-bond acceptors (Lipinski definition) is 4. The van der Waals surface area contributed by atoms with E-state index in [0.29, 0.717) is 20.9 Å². The predicted molar refractivity (Wildman–Crippen MR) is 104 cm³/mol. The summed E-state index contributed by atoms with van der Waals surface area (Å²) in [7, 11) is 0. The van der Waals surface area contributed by atoms with E-state index < -0.39 is 0 Å². The van der Waals surface area contributed by atoms with Crippen molar-refractivity contribution in [3.63, 3.8) is 0 Å². The molecule has 3 rings (SSSR count). The number of rotatable bonds is 5. The van der Waals surface area contributed by atoms with Gasteiger partial charge in [0.25, 0.3) is 0 Å². The normalized spacial score (nSPS) is 10.6. The van der Waals surface area contributed by atoms with E-state index in [1.807, 2.05) is 30.3 Å². The van der Waals surface area contributed by atoms with Gasteiger partial charge in [0.15, 0.2) is 5.16 Å². The van der Waals surface area contributed by atoms with Gasteiger partial charge in [0.2, 0.25) is 5.91 Å². The molecule has 0 atom stereocenters. The van der Waals surface area contributed by atoms with Crippen LogP contribution >= 0.6 is 35.0 Å². The number of halogens is 2. The smallest absolute Gasteiger partial charge is 0.234 e. The van der Waals surface area contributed by atoms with Gasteiger partial charge in [0.1, 0.15) is 0 Å². The highest BCUT2D eigenvalue weighted by atomic mass is 35.5. The molecule has 0 saturated carbocycles. The summed E-state index contributed by atoms with van der Waals surface area (Å²) in [4.78, 5) is 16.6. The SMILES string of the molecule is Nn1cc(-c2ccccc2)nc1SCC(=O)Nc1cc(Cl)ccc1Cl. The molecule has 0 unspecified atom stereocenters. The Morgan fingerprint density at radius 3 is 2.72 bits per heavy atom. The quantitative estimate of drug-likeness (QED) is 0.501. The minimum absolute atomic E-state index is 0.144. The maximum absolute atomic E-state index is 12.1. The Balaban J connectivity index is 1.64. The van der Waals surface area contributed by atoms with Crippen LogP contribution in [0.4, 0.5) is 5.69 Å². The Kier molecular flexibility index (Phi) is 5.53. The molecule has 25 heavy (non-hydrogen) atoms. The molecule has 0 aliphatic rings. The summed E-state index contributed by atoms with van der Waals surface area (Å²) in [5.74, 6) is 5.85. The Labute approximate surface area is 159 Å². The van der Waals surface area contributed by atoms with Crippen LogP contribution in [0.15, 0.2) is 59.9 Å². The summed E-state index contributed by atoms with van der Waals surface area (Å²) in [5.41, 5.74) is 2.19. The van der Waals surface area contributed by atoms with Crippen LogP contribution in [-0.2, 0) is 4.79 Å². The van der Waals surface area contributed by atoms with Crippen molar-refractivity contribution in [2.45, 2.75) is 5.16 Å². The zero-order chi connectivity index (χ0) is 17.8. The lowest BCUT2D eigenvalue weighted by Gasteiger charge is -2.07. The second-order valence-electron chi connectivity index (χ2n) is 5.14. The van der Waals surface area contributed by atoms with E-state index in [2.05, 4.69) is 10.3 Å². The number of amides is 1. The lowest BCUT2D eigenvalue weighted by atomic mass is 10.2. The molecule has 3 aromatic rings. The van der Waals surface area contributed by atoms with Gasteiger partial charge in [-0.05, 0) is 18.2 Å². The minimum atomic E-state index is -0.224. The first-order valence-corrected chi connectivity index (χ1v) is 9.04. The molecule has 0 saturated heterocycles. The standard InChI is InChI=1S/C17H14Cl2N4OS/c18-12-6-7-13(19)14(8-12)21-16(24)10-25-17-22-15(9-23(17)20)11-4-2-1-3-5-11/h1-9H,10,20H2,(H,21,24). The van der Waals surface area contributed by atoms with Crippen LogP contribution in [-0.4, -0.2) is 21.3 Å². The number of nitrogens with two attached hydrogens (primary N) is 1. The van der Waals surface area contributed by atoms with Crippen molar-refractivity contribution in [2.24, 2.45) is 0 Å². The molecule has 0 fully saturated rings. The van der Waals surface area contributed by atoms with Crippen LogP contribution in [0.25, 0.3) is 11.3 Å². The number of benzene rings is 2. The van der Waals surface area contributed by atoms with Crippen molar-refractivity contribution in [3.8, 4) is 11.3 Å². The van der Waals surface area contributed by atoms with E-state index in [4.69, 9.17) is 29.0 Å². The average molecular weight is 393 g/mol. The van der Waals surface area contributed by atoms with E-state index in [1.165, 1.54) is 16.4 Å². The van der Waals surface area contributed by atoms with E-state index in [-0.39, 0.29) is 11.7 Å². The van der Waals surface area contributed by atoms with Crippen molar-refractivity contribution in [1.29, 1.82) is 0 Å². The number of carbonyl (C=O) groups excluding carboxylic acids is 1. The average Bonchev–Trinajstić information content (AvgIpc) is 2.98. The van der Waals surface area contributed by atoms with Gasteiger partial charge in [-0.2, -0.15) is 0 Å². The first-order valence-electron chi connectivity index (χ1n) is 7.30. The molecule has 0 radical (unpaired) electrons. The molecular formula is C17H14Cl2N4OS. The summed E-state index contributed by atoms with van der Waals surface area (Å²) < 4.78 is 1.41. The lowest BCUT2D eigenvalue weighted by molar-refractivity contribution is -0.113. The molecule has 0 bridgehead atoms. The topological polar surface area (TPSA) is 72.9 Å². The first kappa shape index (κ1) is 17.7. The summed E-state index contributed by atoms with van der Waals surface area (Å²) in [6.07, 6.45) is 1.73. The van der Waals surface area contributed by atoms with Crippen molar-refractivity contribution >= 4 is 46.6 Å². The summed E-state index contributed by atoms with van der Waals surface area (Å²) >= 11 is 13.2. The molecule has 1 heterocycles. The molecule has 0 aliphatic heterocycles. The van der Waals surface area contributed by atoms with Gasteiger partial charge in [-0.3, -0.25) is 4.79 Å².